The summed E-state index contributed by atoms with van der Waals surface area (Å²) in [6.45, 7) is 6.84. The molecule has 1 rings (SSSR count). The minimum absolute atomic E-state index is 0.0339. The van der Waals surface area contributed by atoms with Crippen molar-refractivity contribution in [1.29, 1.82) is 0 Å². The monoisotopic (exact) mass is 272 g/mol. The van der Waals surface area contributed by atoms with Gasteiger partial charge in [-0.3, -0.25) is 0 Å². The van der Waals surface area contributed by atoms with Crippen molar-refractivity contribution in [2.75, 3.05) is 13.2 Å². The molecule has 3 heteroatoms. The second kappa shape index (κ2) is 4.99. The minimum atomic E-state index is 0.0339. The van der Waals surface area contributed by atoms with Crippen LogP contribution in [0.2, 0.25) is 0 Å². The number of ether oxygens (including phenoxy) is 1. The molecule has 2 nitrogen and oxygen atoms in total. The average Bonchev–Trinajstić information content (AvgIpc) is 2.15. The predicted molar refractivity (Wildman–Crippen MR) is 65.4 cm³/mol. The van der Waals surface area contributed by atoms with Gasteiger partial charge < -0.3 is 9.84 Å². The second-order valence-corrected chi connectivity index (χ2v) is 5.32. The summed E-state index contributed by atoms with van der Waals surface area (Å²) in [7, 11) is 0. The maximum absolute atomic E-state index is 8.71. The van der Waals surface area contributed by atoms with Crippen LogP contribution in [0.25, 0.3) is 0 Å². The van der Waals surface area contributed by atoms with Gasteiger partial charge in [-0.05, 0) is 39.0 Å². The summed E-state index contributed by atoms with van der Waals surface area (Å²) in [6, 6.07) is 6.07. The van der Waals surface area contributed by atoms with E-state index in [0.717, 1.165) is 10.2 Å². The highest BCUT2D eigenvalue weighted by Gasteiger charge is 2.15. The molecule has 0 fully saturated rings. The molecule has 0 radical (unpaired) electrons. The van der Waals surface area contributed by atoms with Crippen LogP contribution in [0.5, 0.6) is 5.75 Å². The van der Waals surface area contributed by atoms with E-state index in [1.165, 1.54) is 5.56 Å². The van der Waals surface area contributed by atoms with Gasteiger partial charge in [-0.15, -0.1) is 0 Å². The van der Waals surface area contributed by atoms with Crippen LogP contribution >= 0.6 is 15.9 Å². The van der Waals surface area contributed by atoms with Gasteiger partial charge in [0.1, 0.15) is 12.4 Å². The Balaban J connectivity index is 2.95. The molecule has 0 unspecified atom stereocenters. The summed E-state index contributed by atoms with van der Waals surface area (Å²) in [6.07, 6.45) is 0. The predicted octanol–water partition coefficient (Wildman–Crippen LogP) is 3.12. The molecule has 1 aromatic carbocycles. The Kier molecular flexibility index (Phi) is 4.17. The van der Waals surface area contributed by atoms with Gasteiger partial charge in [0.2, 0.25) is 0 Å². The maximum Gasteiger partial charge on any atom is 0.133 e. The molecule has 0 atom stereocenters. The first-order chi connectivity index (χ1) is 6.95. The molecular weight excluding hydrogens is 256 g/mol. The van der Waals surface area contributed by atoms with E-state index < -0.39 is 0 Å². The van der Waals surface area contributed by atoms with Crippen molar-refractivity contribution in [2.45, 2.75) is 26.2 Å². The van der Waals surface area contributed by atoms with Gasteiger partial charge in [-0.2, -0.15) is 0 Å². The Labute approximate surface area is 99.4 Å². The van der Waals surface area contributed by atoms with E-state index in [9.17, 15) is 0 Å². The summed E-state index contributed by atoms with van der Waals surface area (Å²) in [5.41, 5.74) is 1.33. The highest BCUT2D eigenvalue weighted by atomic mass is 79.9. The molecule has 0 aliphatic heterocycles. The Bertz CT molecular complexity index is 329. The van der Waals surface area contributed by atoms with E-state index >= 15 is 0 Å². The molecule has 1 aromatic rings. The Morgan fingerprint density at radius 1 is 1.33 bits per heavy atom. The largest absolute Gasteiger partial charge is 0.490 e. The van der Waals surface area contributed by atoms with Crippen LogP contribution in [0.1, 0.15) is 26.3 Å². The number of halogens is 1. The quantitative estimate of drug-likeness (QED) is 0.916. The van der Waals surface area contributed by atoms with Crippen LogP contribution in [-0.4, -0.2) is 18.3 Å². The molecule has 0 aromatic heterocycles. The molecule has 0 bridgehead atoms. The SMILES string of the molecule is CC(C)(C)c1ccc(Br)c(OCCO)c1. The van der Waals surface area contributed by atoms with Crippen LogP contribution < -0.4 is 4.74 Å². The average molecular weight is 273 g/mol. The van der Waals surface area contributed by atoms with E-state index in [1.807, 2.05) is 12.1 Å². The zero-order valence-electron chi connectivity index (χ0n) is 9.38. The van der Waals surface area contributed by atoms with Crippen molar-refractivity contribution in [3.63, 3.8) is 0 Å². The lowest BCUT2D eigenvalue weighted by molar-refractivity contribution is 0.200. The number of rotatable bonds is 3. The molecule has 1 N–H and O–H groups in total. The number of benzene rings is 1. The number of aliphatic hydroxyl groups is 1. The highest BCUT2D eigenvalue weighted by molar-refractivity contribution is 9.10. The molecule has 0 aliphatic rings. The lowest BCUT2D eigenvalue weighted by Crippen LogP contribution is -2.11. The molecule has 15 heavy (non-hydrogen) atoms. The molecule has 0 aliphatic carbocycles. The van der Waals surface area contributed by atoms with Gasteiger partial charge in [0.05, 0.1) is 11.1 Å². The van der Waals surface area contributed by atoms with Crippen LogP contribution in [0.15, 0.2) is 22.7 Å². The molecular formula is C12H17BrO2. The summed E-state index contributed by atoms with van der Waals surface area (Å²) in [5, 5.41) is 8.71. The number of aliphatic hydroxyl groups excluding tert-OH is 1. The number of hydrogen-bond donors (Lipinski definition) is 1. The van der Waals surface area contributed by atoms with Gasteiger partial charge in [0.25, 0.3) is 0 Å². The standard InChI is InChI=1S/C12H17BrO2/c1-12(2,3)9-4-5-10(13)11(8-9)15-7-6-14/h4-5,8,14H,6-7H2,1-3H3. The first-order valence-corrected chi connectivity index (χ1v) is 5.78. The Morgan fingerprint density at radius 3 is 2.53 bits per heavy atom. The Morgan fingerprint density at radius 2 is 2.00 bits per heavy atom. The van der Waals surface area contributed by atoms with Crippen molar-refractivity contribution in [1.82, 2.24) is 0 Å². The zero-order valence-corrected chi connectivity index (χ0v) is 11.0. The lowest BCUT2D eigenvalue weighted by Gasteiger charge is -2.20. The smallest absolute Gasteiger partial charge is 0.133 e. The second-order valence-electron chi connectivity index (χ2n) is 4.47. The van der Waals surface area contributed by atoms with E-state index in [0.29, 0.717) is 6.61 Å². The van der Waals surface area contributed by atoms with E-state index in [-0.39, 0.29) is 12.0 Å². The fourth-order valence-corrected chi connectivity index (χ4v) is 1.60. The van der Waals surface area contributed by atoms with Crippen molar-refractivity contribution in [3.8, 4) is 5.75 Å². The molecule has 0 spiro atoms. The highest BCUT2D eigenvalue weighted by Crippen LogP contribution is 2.31. The van der Waals surface area contributed by atoms with Crippen LogP contribution in [0.4, 0.5) is 0 Å². The van der Waals surface area contributed by atoms with Crippen molar-refractivity contribution >= 4 is 15.9 Å². The van der Waals surface area contributed by atoms with E-state index in [2.05, 4.69) is 42.8 Å². The third-order valence-corrected chi connectivity index (χ3v) is 2.80. The molecule has 0 amide bonds. The van der Waals surface area contributed by atoms with Crippen LogP contribution in [-0.2, 0) is 5.41 Å². The van der Waals surface area contributed by atoms with E-state index in [4.69, 9.17) is 9.84 Å². The summed E-state index contributed by atoms with van der Waals surface area (Å²) in [5.74, 6) is 0.788. The van der Waals surface area contributed by atoms with Gasteiger partial charge in [-0.25, -0.2) is 0 Å². The number of hydrogen-bond acceptors (Lipinski definition) is 2. The Hall–Kier alpha value is -0.540. The van der Waals surface area contributed by atoms with Crippen molar-refractivity contribution in [3.05, 3.63) is 28.2 Å². The third-order valence-electron chi connectivity index (χ3n) is 2.15. The zero-order chi connectivity index (χ0) is 11.5. The minimum Gasteiger partial charge on any atom is -0.490 e. The maximum atomic E-state index is 8.71. The molecule has 84 valence electrons. The summed E-state index contributed by atoms with van der Waals surface area (Å²) >= 11 is 3.42. The topological polar surface area (TPSA) is 29.5 Å². The van der Waals surface area contributed by atoms with Crippen molar-refractivity contribution in [2.24, 2.45) is 0 Å². The molecule has 0 saturated heterocycles. The van der Waals surface area contributed by atoms with Crippen LogP contribution in [0.3, 0.4) is 0 Å². The van der Waals surface area contributed by atoms with E-state index in [1.54, 1.807) is 0 Å². The van der Waals surface area contributed by atoms with Gasteiger partial charge in [0, 0.05) is 0 Å². The first-order valence-electron chi connectivity index (χ1n) is 4.99. The molecule has 0 heterocycles. The van der Waals surface area contributed by atoms with Gasteiger partial charge >= 0.3 is 0 Å². The van der Waals surface area contributed by atoms with Gasteiger partial charge in [0.15, 0.2) is 0 Å². The van der Waals surface area contributed by atoms with Gasteiger partial charge in [-0.1, -0.05) is 26.8 Å². The normalized spacial score (nSPS) is 11.5. The fourth-order valence-electron chi connectivity index (χ4n) is 1.24. The molecule has 0 saturated carbocycles. The summed E-state index contributed by atoms with van der Waals surface area (Å²) < 4.78 is 6.35. The first kappa shape index (κ1) is 12.5. The summed E-state index contributed by atoms with van der Waals surface area (Å²) in [4.78, 5) is 0. The third kappa shape index (κ3) is 3.50. The van der Waals surface area contributed by atoms with Crippen LogP contribution in [0, 0.1) is 0 Å². The fraction of sp³-hybridized carbons (Fsp3) is 0.500. The lowest BCUT2D eigenvalue weighted by atomic mass is 9.87. The van der Waals surface area contributed by atoms with Crippen molar-refractivity contribution < 1.29 is 9.84 Å².